The van der Waals surface area contributed by atoms with Crippen molar-refractivity contribution < 1.29 is 47.6 Å². The molecule has 48 heavy (non-hydrogen) atoms. The largest absolute Gasteiger partial charge is 0.493 e. The predicted octanol–water partition coefficient (Wildman–Crippen LogP) is 6.41. The van der Waals surface area contributed by atoms with Crippen LogP contribution in [-0.4, -0.2) is 37.1 Å². The minimum atomic E-state index is -0.475. The third-order valence-electron chi connectivity index (χ3n) is 8.27. The molecule has 0 aromatic heterocycles. The molecule has 4 aromatic rings. The number of ether oxygens (including phenoxy) is 6. The molecule has 2 aliphatic heterocycles. The normalized spacial score (nSPS) is 17.8. The van der Waals surface area contributed by atoms with Gasteiger partial charge in [-0.25, -0.2) is 0 Å². The number of hydrogen-bond donors (Lipinski definition) is 0. The van der Waals surface area contributed by atoms with Crippen LogP contribution in [0.25, 0.3) is 0 Å². The van der Waals surface area contributed by atoms with Gasteiger partial charge in [0.05, 0.1) is 13.2 Å². The molecule has 4 aromatic carbocycles. The van der Waals surface area contributed by atoms with Crippen molar-refractivity contribution in [3.05, 3.63) is 107 Å². The van der Waals surface area contributed by atoms with Crippen molar-refractivity contribution in [2.45, 2.75) is 51.9 Å². The molecule has 2 aliphatic rings. The molecular weight excluding hydrogens is 616 g/mol. The minimum absolute atomic E-state index is 0.0224. The van der Waals surface area contributed by atoms with Crippen molar-refractivity contribution in [2.24, 2.45) is 0 Å². The van der Waals surface area contributed by atoms with Gasteiger partial charge in [-0.2, -0.15) is 0 Å². The predicted molar refractivity (Wildman–Crippen MR) is 173 cm³/mol. The number of carbonyl (C=O) groups excluding carboxylic acids is 4. The van der Waals surface area contributed by atoms with Crippen LogP contribution in [0.3, 0.4) is 0 Å². The van der Waals surface area contributed by atoms with E-state index in [9.17, 15) is 19.2 Å². The van der Waals surface area contributed by atoms with E-state index in [-0.39, 0.29) is 30.3 Å². The average molecular weight is 651 g/mol. The van der Waals surface area contributed by atoms with Gasteiger partial charge in [0.15, 0.2) is 0 Å². The van der Waals surface area contributed by atoms with Crippen LogP contribution in [0.1, 0.15) is 73.3 Å². The summed E-state index contributed by atoms with van der Waals surface area (Å²) in [6, 6.07) is 23.7. The molecule has 0 amide bonds. The van der Waals surface area contributed by atoms with E-state index in [2.05, 4.69) is 0 Å². The number of fused-ring (bicyclic) bond motifs is 2. The minimum Gasteiger partial charge on any atom is -0.493 e. The van der Waals surface area contributed by atoms with Crippen molar-refractivity contribution in [3.8, 4) is 34.5 Å². The van der Waals surface area contributed by atoms with E-state index in [1.807, 2.05) is 36.4 Å². The van der Waals surface area contributed by atoms with Crippen molar-refractivity contribution in [2.75, 3.05) is 13.2 Å². The molecule has 0 fully saturated rings. The monoisotopic (exact) mass is 650 g/mol. The van der Waals surface area contributed by atoms with Gasteiger partial charge >= 0.3 is 23.9 Å². The SMILES string of the molecule is CC(=O)Oc1ccc(C2COc3cc(OC(C)=O)c(C4c5ccc(OC(C)=O)cc5OCC4c4ccc(OC(C)=O)cc4)cc3C2)cc1. The highest BCUT2D eigenvalue weighted by atomic mass is 16.5. The van der Waals surface area contributed by atoms with Gasteiger partial charge in [0.1, 0.15) is 34.5 Å². The summed E-state index contributed by atoms with van der Waals surface area (Å²) in [6.07, 6.45) is 0.652. The molecule has 0 N–H and O–H groups in total. The maximum absolute atomic E-state index is 12.4. The molecule has 0 spiro atoms. The van der Waals surface area contributed by atoms with Crippen molar-refractivity contribution in [1.82, 2.24) is 0 Å². The molecule has 246 valence electrons. The fourth-order valence-corrected chi connectivity index (χ4v) is 6.35. The molecule has 10 heteroatoms. The second kappa shape index (κ2) is 13.6. The highest BCUT2D eigenvalue weighted by Gasteiger charge is 2.37. The van der Waals surface area contributed by atoms with Gasteiger partial charge in [-0.3, -0.25) is 19.2 Å². The first-order valence-corrected chi connectivity index (χ1v) is 15.5. The average Bonchev–Trinajstić information content (AvgIpc) is 3.03. The first kappa shape index (κ1) is 32.3. The van der Waals surface area contributed by atoms with Gasteiger partial charge in [0.2, 0.25) is 0 Å². The quantitative estimate of drug-likeness (QED) is 0.164. The third-order valence-corrected chi connectivity index (χ3v) is 8.27. The fraction of sp³-hybridized carbons (Fsp3) is 0.263. The highest BCUT2D eigenvalue weighted by molar-refractivity contribution is 5.72. The van der Waals surface area contributed by atoms with Crippen LogP contribution >= 0.6 is 0 Å². The molecule has 3 atom stereocenters. The highest BCUT2D eigenvalue weighted by Crippen LogP contribution is 2.51. The summed E-state index contributed by atoms with van der Waals surface area (Å²) >= 11 is 0. The lowest BCUT2D eigenvalue weighted by atomic mass is 9.74. The van der Waals surface area contributed by atoms with Crippen LogP contribution in [0.5, 0.6) is 34.5 Å². The molecule has 2 heterocycles. The van der Waals surface area contributed by atoms with E-state index in [0.29, 0.717) is 47.5 Å². The standard InChI is InChI=1S/C38H34O10/c1-21(39)45-29-9-5-25(6-10-29)28-15-27-16-33(37(48-24(4)42)18-35(27)43-19-28)38-32-14-13-31(47-23(3)41)17-36(32)44-20-34(38)26-7-11-30(12-8-26)46-22(2)40/h5-14,16-18,28,34,38H,15,19-20H2,1-4H3. The van der Waals surface area contributed by atoms with Gasteiger partial charge < -0.3 is 28.4 Å². The first-order chi connectivity index (χ1) is 23.0. The molecule has 0 radical (unpaired) electrons. The Kier molecular flexibility index (Phi) is 9.16. The maximum Gasteiger partial charge on any atom is 0.308 e. The molecule has 0 saturated carbocycles. The summed E-state index contributed by atoms with van der Waals surface area (Å²) < 4.78 is 34.1. The Morgan fingerprint density at radius 2 is 1.10 bits per heavy atom. The summed E-state index contributed by atoms with van der Waals surface area (Å²) in [5.41, 5.74) is 4.46. The molecule has 0 aliphatic carbocycles. The topological polar surface area (TPSA) is 124 Å². The van der Waals surface area contributed by atoms with Crippen molar-refractivity contribution in [3.63, 3.8) is 0 Å². The number of benzene rings is 4. The summed E-state index contributed by atoms with van der Waals surface area (Å²) in [4.78, 5) is 47.0. The van der Waals surface area contributed by atoms with E-state index < -0.39 is 17.9 Å². The van der Waals surface area contributed by atoms with Crippen LogP contribution in [0.15, 0.2) is 78.9 Å². The Bertz CT molecular complexity index is 1880. The second-order valence-electron chi connectivity index (χ2n) is 11.8. The molecule has 6 rings (SSSR count). The zero-order valence-corrected chi connectivity index (χ0v) is 26.9. The van der Waals surface area contributed by atoms with Crippen molar-refractivity contribution >= 4 is 23.9 Å². The van der Waals surface area contributed by atoms with Gasteiger partial charge in [-0.1, -0.05) is 30.3 Å². The molecule has 0 saturated heterocycles. The summed E-state index contributed by atoms with van der Waals surface area (Å²) in [5, 5.41) is 0. The Labute approximate surface area is 277 Å². The van der Waals surface area contributed by atoms with Gasteiger partial charge in [-0.15, -0.1) is 0 Å². The van der Waals surface area contributed by atoms with Gasteiger partial charge in [-0.05, 0) is 59.5 Å². The number of carbonyl (C=O) groups is 4. The molecule has 10 nitrogen and oxygen atoms in total. The van der Waals surface area contributed by atoms with E-state index in [0.717, 1.165) is 27.8 Å². The lowest BCUT2D eigenvalue weighted by Crippen LogP contribution is -2.27. The van der Waals surface area contributed by atoms with Crippen molar-refractivity contribution in [1.29, 1.82) is 0 Å². The maximum atomic E-state index is 12.4. The molecule has 3 unspecified atom stereocenters. The zero-order valence-electron chi connectivity index (χ0n) is 26.9. The lowest BCUT2D eigenvalue weighted by Gasteiger charge is -2.36. The Morgan fingerprint density at radius 3 is 1.71 bits per heavy atom. The molecule has 0 bridgehead atoms. The lowest BCUT2D eigenvalue weighted by molar-refractivity contribution is -0.132. The van der Waals surface area contributed by atoms with Crippen LogP contribution in [0.4, 0.5) is 0 Å². The van der Waals surface area contributed by atoms with E-state index in [1.54, 1.807) is 42.5 Å². The second-order valence-corrected chi connectivity index (χ2v) is 11.8. The van der Waals surface area contributed by atoms with Crippen LogP contribution in [0, 0.1) is 0 Å². The summed E-state index contributed by atoms with van der Waals surface area (Å²) in [5.74, 6) is 0.477. The number of esters is 4. The fourth-order valence-electron chi connectivity index (χ4n) is 6.35. The molecular formula is C38H34O10. The Balaban J connectivity index is 1.43. The smallest absolute Gasteiger partial charge is 0.308 e. The number of rotatable bonds is 7. The van der Waals surface area contributed by atoms with E-state index in [1.165, 1.54) is 27.7 Å². The zero-order chi connectivity index (χ0) is 33.9. The van der Waals surface area contributed by atoms with E-state index >= 15 is 0 Å². The van der Waals surface area contributed by atoms with Crippen LogP contribution in [0.2, 0.25) is 0 Å². The van der Waals surface area contributed by atoms with Gasteiger partial charge in [0.25, 0.3) is 0 Å². The van der Waals surface area contributed by atoms with Crippen LogP contribution in [-0.2, 0) is 25.6 Å². The number of hydrogen-bond acceptors (Lipinski definition) is 10. The Morgan fingerprint density at radius 1 is 0.562 bits per heavy atom. The van der Waals surface area contributed by atoms with Crippen LogP contribution < -0.4 is 28.4 Å². The summed E-state index contributed by atoms with van der Waals surface area (Å²) in [7, 11) is 0. The first-order valence-electron chi connectivity index (χ1n) is 15.5. The van der Waals surface area contributed by atoms with E-state index in [4.69, 9.17) is 28.4 Å². The summed E-state index contributed by atoms with van der Waals surface area (Å²) in [6.45, 7) is 6.07. The Hall–Kier alpha value is -5.64. The van der Waals surface area contributed by atoms with Gasteiger partial charge in [0, 0.05) is 68.7 Å². The third kappa shape index (κ3) is 7.17.